The zero-order valence-corrected chi connectivity index (χ0v) is 11.2. The van der Waals surface area contributed by atoms with E-state index < -0.39 is 0 Å². The second-order valence-corrected chi connectivity index (χ2v) is 5.85. The zero-order chi connectivity index (χ0) is 13.1. The summed E-state index contributed by atoms with van der Waals surface area (Å²) in [4.78, 5) is 0. The highest BCUT2D eigenvalue weighted by atomic mass is 15.0. The molecule has 2 atom stereocenters. The van der Waals surface area contributed by atoms with Crippen molar-refractivity contribution in [2.75, 3.05) is 0 Å². The first kappa shape index (κ1) is 10.5. The molecule has 2 aliphatic rings. The minimum atomic E-state index is 0.755. The molecule has 1 saturated carbocycles. The lowest BCUT2D eigenvalue weighted by Crippen LogP contribution is -1.99. The lowest BCUT2D eigenvalue weighted by Gasteiger charge is -2.11. The maximum Gasteiger partial charge on any atom is 0.0537 e. The van der Waals surface area contributed by atoms with Gasteiger partial charge in [0.05, 0.1) is 11.2 Å². The Hall–Kier alpha value is -2.28. The van der Waals surface area contributed by atoms with E-state index in [1.165, 1.54) is 28.7 Å². The number of benzene rings is 2. The van der Waals surface area contributed by atoms with Crippen LogP contribution in [0.2, 0.25) is 0 Å². The maximum absolute atomic E-state index is 2.41. The Bertz CT molecular complexity index is 839. The summed E-state index contributed by atoms with van der Waals surface area (Å²) in [5.74, 6) is 1.54. The third kappa shape index (κ3) is 1.27. The smallest absolute Gasteiger partial charge is 0.0537 e. The molecule has 0 amide bonds. The number of hydrogen-bond acceptors (Lipinski definition) is 0. The molecule has 0 saturated heterocycles. The largest absolute Gasteiger partial charge is 0.310 e. The molecule has 3 aromatic rings. The Labute approximate surface area is 118 Å². The molecule has 1 aromatic heterocycles. The summed E-state index contributed by atoms with van der Waals surface area (Å²) in [6, 6.07) is 19.5. The monoisotopic (exact) mass is 257 g/mol. The zero-order valence-electron chi connectivity index (χ0n) is 11.2. The molecule has 96 valence electrons. The molecular formula is C19H15N. The van der Waals surface area contributed by atoms with Gasteiger partial charge in [0.1, 0.15) is 0 Å². The summed E-state index contributed by atoms with van der Waals surface area (Å²) < 4.78 is 2.41. The van der Waals surface area contributed by atoms with E-state index in [1.54, 1.807) is 5.56 Å². The van der Waals surface area contributed by atoms with Crippen LogP contribution in [0.4, 0.5) is 0 Å². The summed E-state index contributed by atoms with van der Waals surface area (Å²) in [5.41, 5.74) is 5.54. The Morgan fingerprint density at radius 3 is 2.60 bits per heavy atom. The van der Waals surface area contributed by atoms with Gasteiger partial charge in [-0.25, -0.2) is 0 Å². The number of rotatable bonds is 1. The van der Waals surface area contributed by atoms with E-state index in [0.29, 0.717) is 0 Å². The molecule has 2 aliphatic carbocycles. The molecule has 1 heterocycles. The molecule has 0 radical (unpaired) electrons. The van der Waals surface area contributed by atoms with Gasteiger partial charge in [-0.05, 0) is 48.1 Å². The topological polar surface area (TPSA) is 4.93 Å². The first-order valence-corrected chi connectivity index (χ1v) is 7.30. The molecule has 2 unspecified atom stereocenters. The highest BCUT2D eigenvalue weighted by molar-refractivity contribution is 5.92. The van der Waals surface area contributed by atoms with Crippen LogP contribution in [0, 0.1) is 5.92 Å². The van der Waals surface area contributed by atoms with E-state index in [1.807, 2.05) is 0 Å². The lowest BCUT2D eigenvalue weighted by atomic mass is 10.0. The fraction of sp³-hybridized carbons (Fsp3) is 0.158. The average Bonchev–Trinajstić information content (AvgIpc) is 3.22. The predicted octanol–water partition coefficient (Wildman–Crippen LogP) is 4.76. The van der Waals surface area contributed by atoms with Crippen molar-refractivity contribution in [2.24, 2.45) is 5.92 Å². The molecule has 0 bridgehead atoms. The summed E-state index contributed by atoms with van der Waals surface area (Å²) in [6.07, 6.45) is 6.05. The van der Waals surface area contributed by atoms with Crippen LogP contribution in [0.1, 0.15) is 23.6 Å². The maximum atomic E-state index is 2.41. The number of nitrogens with zero attached hydrogens (tertiary/aromatic N) is 1. The molecular weight excluding hydrogens is 242 g/mol. The van der Waals surface area contributed by atoms with Crippen LogP contribution in [-0.4, -0.2) is 4.57 Å². The molecule has 2 aromatic carbocycles. The minimum Gasteiger partial charge on any atom is -0.310 e. The Morgan fingerprint density at radius 1 is 0.900 bits per heavy atom. The summed E-state index contributed by atoms with van der Waals surface area (Å²) >= 11 is 0. The molecule has 1 fully saturated rings. The Balaban J connectivity index is 1.93. The van der Waals surface area contributed by atoms with Crippen LogP contribution in [0.3, 0.4) is 0 Å². The van der Waals surface area contributed by atoms with Crippen molar-refractivity contribution in [1.29, 1.82) is 0 Å². The van der Waals surface area contributed by atoms with Gasteiger partial charge in [-0.1, -0.05) is 42.5 Å². The van der Waals surface area contributed by atoms with Gasteiger partial charge in [-0.2, -0.15) is 0 Å². The van der Waals surface area contributed by atoms with Crippen molar-refractivity contribution in [3.8, 4) is 5.69 Å². The van der Waals surface area contributed by atoms with E-state index in [4.69, 9.17) is 0 Å². The van der Waals surface area contributed by atoms with Crippen molar-refractivity contribution >= 4 is 17.0 Å². The SMILES string of the molecule is C1=CC2CC2c2c1n(-c1ccccc1)c1ccccc21. The number of allylic oxidation sites excluding steroid dienone is 1. The highest BCUT2D eigenvalue weighted by Gasteiger charge is 2.42. The summed E-state index contributed by atoms with van der Waals surface area (Å²) in [6.45, 7) is 0. The van der Waals surface area contributed by atoms with E-state index in [0.717, 1.165) is 11.8 Å². The molecule has 1 nitrogen and oxygen atoms in total. The standard InChI is InChI=1S/C19H15N/c1-2-6-14(7-3-1)20-17-9-5-4-8-15(17)19-16-12-13(16)10-11-18(19)20/h1-11,13,16H,12H2. The second kappa shape index (κ2) is 3.63. The summed E-state index contributed by atoms with van der Waals surface area (Å²) in [7, 11) is 0. The van der Waals surface area contributed by atoms with Crippen LogP contribution >= 0.6 is 0 Å². The fourth-order valence-electron chi connectivity index (χ4n) is 3.67. The lowest BCUT2D eigenvalue weighted by molar-refractivity contribution is 0.976. The third-order valence-corrected chi connectivity index (χ3v) is 4.68. The first-order valence-electron chi connectivity index (χ1n) is 7.30. The van der Waals surface area contributed by atoms with Crippen LogP contribution < -0.4 is 0 Å². The molecule has 5 rings (SSSR count). The fourth-order valence-corrected chi connectivity index (χ4v) is 3.67. The molecule has 0 N–H and O–H groups in total. The van der Waals surface area contributed by atoms with Crippen LogP contribution in [0.15, 0.2) is 60.7 Å². The van der Waals surface area contributed by atoms with Gasteiger partial charge in [0.2, 0.25) is 0 Å². The van der Waals surface area contributed by atoms with Crippen molar-refractivity contribution in [3.63, 3.8) is 0 Å². The van der Waals surface area contributed by atoms with Crippen molar-refractivity contribution in [2.45, 2.75) is 12.3 Å². The van der Waals surface area contributed by atoms with Crippen molar-refractivity contribution < 1.29 is 0 Å². The molecule has 0 spiro atoms. The number of hydrogen-bond donors (Lipinski definition) is 0. The Kier molecular flexibility index (Phi) is 1.91. The highest BCUT2D eigenvalue weighted by Crippen LogP contribution is 2.55. The quantitative estimate of drug-likeness (QED) is 0.592. The molecule has 0 aliphatic heterocycles. The first-order chi connectivity index (χ1) is 9.93. The number of aromatic nitrogens is 1. The van der Waals surface area contributed by atoms with Gasteiger partial charge in [-0.15, -0.1) is 0 Å². The van der Waals surface area contributed by atoms with E-state index in [-0.39, 0.29) is 0 Å². The normalized spacial score (nSPS) is 22.6. The number of para-hydroxylation sites is 2. The van der Waals surface area contributed by atoms with Gasteiger partial charge in [0.25, 0.3) is 0 Å². The van der Waals surface area contributed by atoms with E-state index in [9.17, 15) is 0 Å². The van der Waals surface area contributed by atoms with Gasteiger partial charge in [-0.3, -0.25) is 0 Å². The van der Waals surface area contributed by atoms with Gasteiger partial charge < -0.3 is 4.57 Å². The van der Waals surface area contributed by atoms with Gasteiger partial charge in [0.15, 0.2) is 0 Å². The minimum absolute atomic E-state index is 0.755. The second-order valence-electron chi connectivity index (χ2n) is 5.85. The van der Waals surface area contributed by atoms with Crippen LogP contribution in [0.25, 0.3) is 22.7 Å². The molecule has 1 heteroatoms. The molecule has 20 heavy (non-hydrogen) atoms. The van der Waals surface area contributed by atoms with E-state index >= 15 is 0 Å². The van der Waals surface area contributed by atoms with Crippen LogP contribution in [-0.2, 0) is 0 Å². The van der Waals surface area contributed by atoms with E-state index in [2.05, 4.69) is 71.3 Å². The predicted molar refractivity (Wildman–Crippen MR) is 83.2 cm³/mol. The van der Waals surface area contributed by atoms with Crippen LogP contribution in [0.5, 0.6) is 0 Å². The van der Waals surface area contributed by atoms with Gasteiger partial charge in [0, 0.05) is 11.1 Å². The number of fused-ring (bicyclic) bond motifs is 5. The van der Waals surface area contributed by atoms with Crippen molar-refractivity contribution in [1.82, 2.24) is 4.57 Å². The Morgan fingerprint density at radius 2 is 1.70 bits per heavy atom. The third-order valence-electron chi connectivity index (χ3n) is 4.68. The van der Waals surface area contributed by atoms with Gasteiger partial charge >= 0.3 is 0 Å². The summed E-state index contributed by atoms with van der Waals surface area (Å²) in [5, 5.41) is 1.43. The van der Waals surface area contributed by atoms with Crippen molar-refractivity contribution in [3.05, 3.63) is 71.9 Å². The average molecular weight is 257 g/mol.